The smallest absolute Gasteiger partial charge is 0.0362 e. The molecule has 214 valence electrons. The Morgan fingerprint density at radius 2 is 0.674 bits per heavy atom. The summed E-state index contributed by atoms with van der Waals surface area (Å²) in [6.07, 6.45) is 0. The maximum absolute atomic E-state index is 2.41. The lowest BCUT2D eigenvalue weighted by molar-refractivity contribution is 1.63. The Balaban J connectivity index is 1.15. The molecule has 2 heterocycles. The quantitative estimate of drug-likeness (QED) is 0.173. The van der Waals surface area contributed by atoms with Gasteiger partial charge >= 0.3 is 0 Å². The van der Waals surface area contributed by atoms with Crippen molar-refractivity contribution in [2.24, 2.45) is 0 Å². The van der Waals surface area contributed by atoms with E-state index in [0.29, 0.717) is 0 Å². The summed E-state index contributed by atoms with van der Waals surface area (Å²) in [5.74, 6) is 0. The highest BCUT2D eigenvalue weighted by Gasteiger charge is 2.17. The highest BCUT2D eigenvalue weighted by Crippen LogP contribution is 2.46. The number of hydrogen-bond donors (Lipinski definition) is 0. The summed E-state index contributed by atoms with van der Waals surface area (Å²) in [4.78, 5) is 0. The second-order valence-corrected chi connectivity index (χ2v) is 14.2. The minimum absolute atomic E-state index is 1.24. The molecule has 10 rings (SSSR count). The fourth-order valence-electron chi connectivity index (χ4n) is 7.45. The molecule has 2 aromatic heterocycles. The zero-order valence-electron chi connectivity index (χ0n) is 24.8. The van der Waals surface area contributed by atoms with Gasteiger partial charge in [-0.3, -0.25) is 0 Å². The maximum Gasteiger partial charge on any atom is 0.0362 e. The highest BCUT2D eigenvalue weighted by molar-refractivity contribution is 7.28. The topological polar surface area (TPSA) is 0 Å². The van der Waals surface area contributed by atoms with Crippen molar-refractivity contribution in [1.82, 2.24) is 0 Å². The summed E-state index contributed by atoms with van der Waals surface area (Å²) < 4.78 is 5.42. The summed E-state index contributed by atoms with van der Waals surface area (Å²) >= 11 is 3.79. The zero-order valence-corrected chi connectivity index (χ0v) is 26.5. The largest absolute Gasteiger partial charge is 0.135 e. The van der Waals surface area contributed by atoms with Gasteiger partial charge in [-0.25, -0.2) is 0 Å². The molecule has 0 unspecified atom stereocenters. The van der Waals surface area contributed by atoms with E-state index in [1.54, 1.807) is 0 Å². The van der Waals surface area contributed by atoms with Crippen molar-refractivity contribution in [3.63, 3.8) is 0 Å². The summed E-state index contributed by atoms with van der Waals surface area (Å²) in [7, 11) is 0. The van der Waals surface area contributed by atoms with Gasteiger partial charge in [-0.05, 0) is 85.3 Å². The molecule has 46 heavy (non-hydrogen) atoms. The van der Waals surface area contributed by atoms with E-state index >= 15 is 0 Å². The zero-order chi connectivity index (χ0) is 30.2. The van der Waals surface area contributed by atoms with Crippen LogP contribution in [0.15, 0.2) is 158 Å². The Kier molecular flexibility index (Phi) is 5.72. The number of thiophene rings is 2. The van der Waals surface area contributed by atoms with Crippen molar-refractivity contribution in [1.29, 1.82) is 0 Å². The van der Waals surface area contributed by atoms with Crippen molar-refractivity contribution < 1.29 is 0 Å². The van der Waals surface area contributed by atoms with Crippen molar-refractivity contribution in [2.75, 3.05) is 0 Å². The van der Waals surface area contributed by atoms with Crippen LogP contribution in [-0.4, -0.2) is 0 Å². The molecule has 0 aliphatic carbocycles. The van der Waals surface area contributed by atoms with Crippen molar-refractivity contribution in [2.45, 2.75) is 0 Å². The van der Waals surface area contributed by atoms with Gasteiger partial charge < -0.3 is 0 Å². The molecule has 0 aliphatic heterocycles. The molecule has 0 fully saturated rings. The van der Waals surface area contributed by atoms with E-state index in [9.17, 15) is 0 Å². The van der Waals surface area contributed by atoms with Gasteiger partial charge in [0.2, 0.25) is 0 Å². The van der Waals surface area contributed by atoms with Crippen molar-refractivity contribution in [3.8, 4) is 33.4 Å². The third kappa shape index (κ3) is 3.84. The molecular weight excluding hydrogens is 593 g/mol. The molecule has 0 saturated heterocycles. The summed E-state index contributed by atoms with van der Waals surface area (Å²) in [5, 5.41) is 10.6. The molecule has 0 atom stereocenters. The van der Waals surface area contributed by atoms with Crippen LogP contribution in [0.5, 0.6) is 0 Å². The first-order valence-electron chi connectivity index (χ1n) is 15.7. The van der Waals surface area contributed by atoms with Gasteiger partial charge in [0.25, 0.3) is 0 Å². The first kappa shape index (κ1) is 26.0. The number of rotatable bonds is 3. The average Bonchev–Trinajstić information content (AvgIpc) is 3.69. The van der Waals surface area contributed by atoms with E-state index in [1.807, 2.05) is 22.7 Å². The van der Waals surface area contributed by atoms with Crippen LogP contribution in [0, 0.1) is 0 Å². The first-order valence-corrected chi connectivity index (χ1v) is 17.3. The lowest BCUT2D eigenvalue weighted by Gasteiger charge is -2.18. The Bertz CT molecular complexity index is 2720. The summed E-state index contributed by atoms with van der Waals surface area (Å²) in [6, 6.07) is 58.2. The fourth-order valence-corrected chi connectivity index (χ4v) is 9.65. The molecule has 0 amide bonds. The van der Waals surface area contributed by atoms with Gasteiger partial charge in [-0.1, -0.05) is 127 Å². The van der Waals surface area contributed by atoms with Crippen LogP contribution in [0.1, 0.15) is 0 Å². The lowest BCUT2D eigenvalue weighted by Crippen LogP contribution is -1.90. The van der Waals surface area contributed by atoms with Gasteiger partial charge in [0.15, 0.2) is 0 Å². The van der Waals surface area contributed by atoms with Crippen LogP contribution in [0.3, 0.4) is 0 Å². The Labute approximate surface area is 274 Å². The van der Waals surface area contributed by atoms with E-state index in [1.165, 1.54) is 95.3 Å². The van der Waals surface area contributed by atoms with Gasteiger partial charge in [0.1, 0.15) is 0 Å². The Morgan fingerprint density at radius 3 is 1.28 bits per heavy atom. The molecule has 0 bridgehead atoms. The van der Waals surface area contributed by atoms with E-state index in [4.69, 9.17) is 0 Å². The minimum Gasteiger partial charge on any atom is -0.135 e. The molecule has 0 radical (unpaired) electrons. The van der Waals surface area contributed by atoms with Gasteiger partial charge in [-0.2, -0.15) is 0 Å². The predicted octanol–water partition coefficient (Wildman–Crippen LogP) is 13.7. The first-order chi connectivity index (χ1) is 22.8. The second kappa shape index (κ2) is 10.1. The number of hydrogen-bond acceptors (Lipinski definition) is 2. The van der Waals surface area contributed by atoms with E-state index in [-0.39, 0.29) is 0 Å². The Morgan fingerprint density at radius 1 is 0.261 bits per heavy atom. The predicted molar refractivity (Wildman–Crippen MR) is 204 cm³/mol. The lowest BCUT2D eigenvalue weighted by atomic mass is 9.86. The van der Waals surface area contributed by atoms with Crippen LogP contribution >= 0.6 is 22.7 Å². The minimum atomic E-state index is 1.24. The molecule has 0 nitrogen and oxygen atoms in total. The van der Waals surface area contributed by atoms with Crippen molar-refractivity contribution >= 4 is 84.6 Å². The van der Waals surface area contributed by atoms with Crippen LogP contribution < -0.4 is 0 Å². The summed E-state index contributed by atoms with van der Waals surface area (Å²) in [5.41, 5.74) is 7.58. The second-order valence-electron chi connectivity index (χ2n) is 12.0. The molecule has 0 saturated carbocycles. The molecule has 0 N–H and O–H groups in total. The van der Waals surface area contributed by atoms with E-state index in [0.717, 1.165) is 0 Å². The highest BCUT2D eigenvalue weighted by atomic mass is 32.1. The average molecular weight is 619 g/mol. The molecule has 10 aromatic rings. The van der Waals surface area contributed by atoms with Crippen LogP contribution in [0.25, 0.3) is 95.3 Å². The van der Waals surface area contributed by atoms with Crippen LogP contribution in [0.4, 0.5) is 0 Å². The molecule has 0 aliphatic rings. The fraction of sp³-hybridized carbons (Fsp3) is 0. The van der Waals surface area contributed by atoms with Gasteiger partial charge in [0, 0.05) is 40.3 Å². The Hall–Kier alpha value is -5.28. The normalized spacial score (nSPS) is 11.9. The number of fused-ring (bicyclic) bond motifs is 9. The molecule has 0 spiro atoms. The van der Waals surface area contributed by atoms with Crippen molar-refractivity contribution in [3.05, 3.63) is 158 Å². The summed E-state index contributed by atoms with van der Waals surface area (Å²) in [6.45, 7) is 0. The maximum atomic E-state index is 2.41. The third-order valence-corrected chi connectivity index (χ3v) is 11.7. The van der Waals surface area contributed by atoms with Gasteiger partial charge in [-0.15, -0.1) is 22.7 Å². The van der Waals surface area contributed by atoms with Crippen LogP contribution in [-0.2, 0) is 0 Å². The SMILES string of the molecule is c1ccc(-c2c3ccccc3c(-c3ccc(-c4ccc5sc6ccc7sc8ccccc8c7c6c5c4)cc3)c3ccccc23)cc1. The molecular formula is C44H26S2. The molecule has 8 aromatic carbocycles. The van der Waals surface area contributed by atoms with Crippen LogP contribution in [0.2, 0.25) is 0 Å². The number of benzene rings is 8. The standard InChI is InChI=1S/C44H26S2/c1-2-10-28(11-3-1)41-31-12-4-6-14-33(31)42(34-15-7-5-13-32(34)41)29-20-18-27(19-21-29)30-22-23-38-36(26-30)44-40(46-38)25-24-39-43(44)35-16-8-9-17-37(35)45-39/h1-26H. The molecule has 2 heteroatoms. The monoisotopic (exact) mass is 618 g/mol. The van der Waals surface area contributed by atoms with E-state index < -0.39 is 0 Å². The third-order valence-electron chi connectivity index (χ3n) is 9.47. The van der Waals surface area contributed by atoms with Gasteiger partial charge in [0.05, 0.1) is 0 Å². The van der Waals surface area contributed by atoms with E-state index in [2.05, 4.69) is 158 Å².